The number of hydrogen-bond acceptors (Lipinski definition) is 3. The van der Waals surface area contributed by atoms with Crippen LogP contribution in [0.2, 0.25) is 0 Å². The minimum absolute atomic E-state index is 0.0464. The van der Waals surface area contributed by atoms with Gasteiger partial charge in [0.15, 0.2) is 6.10 Å². The van der Waals surface area contributed by atoms with Crippen molar-refractivity contribution in [3.63, 3.8) is 0 Å². The van der Waals surface area contributed by atoms with Crippen LogP contribution in [-0.4, -0.2) is 24.2 Å². The molecule has 2 atom stereocenters. The maximum atomic E-state index is 12.8. The van der Waals surface area contributed by atoms with E-state index < -0.39 is 6.10 Å². The third kappa shape index (κ3) is 2.46. The Labute approximate surface area is 130 Å². The maximum absolute atomic E-state index is 12.8. The van der Waals surface area contributed by atoms with Gasteiger partial charge in [0.2, 0.25) is 0 Å². The monoisotopic (exact) mass is 297 g/mol. The minimum atomic E-state index is -1.19. The molecule has 2 unspecified atom stereocenters. The summed E-state index contributed by atoms with van der Waals surface area (Å²) in [6, 6.07) is 14.9. The Kier molecular flexibility index (Phi) is 3.86. The lowest BCUT2D eigenvalue weighted by molar-refractivity contribution is -0.127. The zero-order chi connectivity index (χ0) is 15.7. The predicted octanol–water partition coefficient (Wildman–Crippen LogP) is 2.71. The zero-order valence-corrected chi connectivity index (χ0v) is 12.7. The Bertz CT molecular complexity index is 698. The molecule has 22 heavy (non-hydrogen) atoms. The summed E-state index contributed by atoms with van der Waals surface area (Å²) in [7, 11) is 1.56. The van der Waals surface area contributed by atoms with Gasteiger partial charge in [0.1, 0.15) is 5.75 Å². The number of aliphatic hydroxyl groups excluding tert-OH is 1. The standard InChI is InChI=1S/C18H19NO3/c1-12-10-13-6-3-4-9-16(13)19(12)18(21)17(20)14-7-5-8-15(11-14)22-2/h3-9,11-12,17,20H,10H2,1-2H3. The second-order valence-corrected chi connectivity index (χ2v) is 5.57. The van der Waals surface area contributed by atoms with E-state index in [-0.39, 0.29) is 11.9 Å². The molecule has 0 radical (unpaired) electrons. The summed E-state index contributed by atoms with van der Waals surface area (Å²) >= 11 is 0. The first kappa shape index (κ1) is 14.6. The van der Waals surface area contributed by atoms with Crippen molar-refractivity contribution in [2.24, 2.45) is 0 Å². The molecule has 0 aliphatic carbocycles. The molecule has 114 valence electrons. The van der Waals surface area contributed by atoms with Crippen LogP contribution in [-0.2, 0) is 11.2 Å². The van der Waals surface area contributed by atoms with Crippen molar-refractivity contribution >= 4 is 11.6 Å². The third-order valence-corrected chi connectivity index (χ3v) is 4.09. The van der Waals surface area contributed by atoms with Gasteiger partial charge in [-0.25, -0.2) is 0 Å². The first-order valence-corrected chi connectivity index (χ1v) is 7.35. The van der Waals surface area contributed by atoms with E-state index >= 15 is 0 Å². The van der Waals surface area contributed by atoms with Gasteiger partial charge in [-0.05, 0) is 42.7 Å². The fourth-order valence-electron chi connectivity index (χ4n) is 2.99. The summed E-state index contributed by atoms with van der Waals surface area (Å²) < 4.78 is 5.15. The summed E-state index contributed by atoms with van der Waals surface area (Å²) in [6.45, 7) is 2.00. The molecule has 1 N–H and O–H groups in total. The quantitative estimate of drug-likeness (QED) is 0.947. The van der Waals surface area contributed by atoms with Gasteiger partial charge in [0.25, 0.3) is 5.91 Å². The van der Waals surface area contributed by atoms with Crippen LogP contribution in [0.4, 0.5) is 5.69 Å². The SMILES string of the molecule is COc1cccc(C(O)C(=O)N2c3ccccc3CC2C)c1. The third-order valence-electron chi connectivity index (χ3n) is 4.09. The number of aliphatic hydroxyl groups is 1. The molecule has 0 fully saturated rings. The van der Waals surface area contributed by atoms with Gasteiger partial charge in [0, 0.05) is 11.7 Å². The molecule has 2 aromatic carbocycles. The predicted molar refractivity (Wildman–Crippen MR) is 85.0 cm³/mol. The highest BCUT2D eigenvalue weighted by Gasteiger charge is 2.34. The van der Waals surface area contributed by atoms with Crippen molar-refractivity contribution in [3.8, 4) is 5.75 Å². The van der Waals surface area contributed by atoms with Crippen molar-refractivity contribution in [1.82, 2.24) is 0 Å². The Balaban J connectivity index is 1.90. The van der Waals surface area contributed by atoms with E-state index in [1.54, 1.807) is 36.3 Å². The van der Waals surface area contributed by atoms with Gasteiger partial charge in [-0.2, -0.15) is 0 Å². The number of benzene rings is 2. The molecule has 3 rings (SSSR count). The number of para-hydroxylation sites is 1. The Morgan fingerprint density at radius 3 is 2.82 bits per heavy atom. The number of nitrogens with zero attached hydrogens (tertiary/aromatic N) is 1. The summed E-state index contributed by atoms with van der Waals surface area (Å²) in [5, 5.41) is 10.5. The van der Waals surface area contributed by atoms with E-state index in [1.807, 2.05) is 31.2 Å². The highest BCUT2D eigenvalue weighted by Crippen LogP contribution is 2.34. The number of carbonyl (C=O) groups is 1. The van der Waals surface area contributed by atoms with E-state index in [4.69, 9.17) is 4.74 Å². The van der Waals surface area contributed by atoms with Crippen LogP contribution >= 0.6 is 0 Å². The number of ether oxygens (including phenoxy) is 1. The second-order valence-electron chi connectivity index (χ2n) is 5.57. The van der Waals surface area contributed by atoms with E-state index in [0.29, 0.717) is 11.3 Å². The summed E-state index contributed by atoms with van der Waals surface area (Å²) in [6.07, 6.45) is -0.379. The molecule has 1 aliphatic heterocycles. The van der Waals surface area contributed by atoms with E-state index in [0.717, 1.165) is 17.7 Å². The smallest absolute Gasteiger partial charge is 0.260 e. The molecule has 0 saturated heterocycles. The average Bonchev–Trinajstić information content (AvgIpc) is 2.89. The number of rotatable bonds is 3. The van der Waals surface area contributed by atoms with Gasteiger partial charge in [-0.3, -0.25) is 4.79 Å². The first-order valence-electron chi connectivity index (χ1n) is 7.35. The average molecular weight is 297 g/mol. The van der Waals surface area contributed by atoms with E-state index in [1.165, 1.54) is 0 Å². The maximum Gasteiger partial charge on any atom is 0.260 e. The van der Waals surface area contributed by atoms with Crippen molar-refractivity contribution in [3.05, 3.63) is 59.7 Å². The first-order chi connectivity index (χ1) is 10.6. The molecule has 4 nitrogen and oxygen atoms in total. The van der Waals surface area contributed by atoms with Gasteiger partial charge in [-0.15, -0.1) is 0 Å². The number of amides is 1. The molecule has 1 amide bonds. The summed E-state index contributed by atoms with van der Waals surface area (Å²) in [4.78, 5) is 14.4. The molecule has 4 heteroatoms. The molecule has 1 heterocycles. The molecule has 0 aromatic heterocycles. The number of fused-ring (bicyclic) bond motifs is 1. The van der Waals surface area contributed by atoms with E-state index in [9.17, 15) is 9.90 Å². The lowest BCUT2D eigenvalue weighted by Crippen LogP contribution is -2.39. The highest BCUT2D eigenvalue weighted by atomic mass is 16.5. The normalized spacial score (nSPS) is 18.0. The summed E-state index contributed by atoms with van der Waals surface area (Å²) in [5.74, 6) is 0.324. The van der Waals surface area contributed by atoms with Gasteiger partial charge >= 0.3 is 0 Å². The van der Waals surface area contributed by atoms with Crippen molar-refractivity contribution in [1.29, 1.82) is 0 Å². The molecular formula is C18H19NO3. The number of anilines is 1. The van der Waals surface area contributed by atoms with Gasteiger partial charge < -0.3 is 14.7 Å². The van der Waals surface area contributed by atoms with Crippen LogP contribution in [0.3, 0.4) is 0 Å². The van der Waals surface area contributed by atoms with Crippen LogP contribution in [0.1, 0.15) is 24.2 Å². The van der Waals surface area contributed by atoms with E-state index in [2.05, 4.69) is 0 Å². The van der Waals surface area contributed by atoms with Crippen LogP contribution in [0.25, 0.3) is 0 Å². The summed E-state index contributed by atoms with van der Waals surface area (Å²) in [5.41, 5.74) is 2.57. The second kappa shape index (κ2) is 5.81. The van der Waals surface area contributed by atoms with Crippen LogP contribution in [0, 0.1) is 0 Å². The van der Waals surface area contributed by atoms with Crippen LogP contribution in [0.15, 0.2) is 48.5 Å². The Morgan fingerprint density at radius 1 is 1.27 bits per heavy atom. The molecule has 2 aromatic rings. The lowest BCUT2D eigenvalue weighted by Gasteiger charge is -2.25. The number of methoxy groups -OCH3 is 1. The molecule has 0 saturated carbocycles. The zero-order valence-electron chi connectivity index (χ0n) is 12.7. The molecule has 0 bridgehead atoms. The van der Waals surface area contributed by atoms with Crippen LogP contribution in [0.5, 0.6) is 5.75 Å². The molecule has 1 aliphatic rings. The highest BCUT2D eigenvalue weighted by molar-refractivity contribution is 5.99. The molecule has 0 spiro atoms. The lowest BCUT2D eigenvalue weighted by atomic mass is 10.1. The fourth-order valence-corrected chi connectivity index (χ4v) is 2.99. The minimum Gasteiger partial charge on any atom is -0.497 e. The van der Waals surface area contributed by atoms with Gasteiger partial charge in [-0.1, -0.05) is 30.3 Å². The molecular weight excluding hydrogens is 278 g/mol. The Morgan fingerprint density at radius 2 is 2.05 bits per heavy atom. The number of hydrogen-bond donors (Lipinski definition) is 1. The van der Waals surface area contributed by atoms with Gasteiger partial charge in [0.05, 0.1) is 7.11 Å². The van der Waals surface area contributed by atoms with Crippen molar-refractivity contribution in [2.45, 2.75) is 25.5 Å². The van der Waals surface area contributed by atoms with Crippen molar-refractivity contribution < 1.29 is 14.6 Å². The Hall–Kier alpha value is -2.33. The fraction of sp³-hybridized carbons (Fsp3) is 0.278. The number of carbonyl (C=O) groups excluding carboxylic acids is 1. The largest absolute Gasteiger partial charge is 0.497 e. The van der Waals surface area contributed by atoms with Crippen molar-refractivity contribution in [2.75, 3.05) is 12.0 Å². The van der Waals surface area contributed by atoms with Crippen LogP contribution < -0.4 is 9.64 Å². The topological polar surface area (TPSA) is 49.8 Å².